The topological polar surface area (TPSA) is 12.0 Å². The number of hydrogen-bond donors (Lipinski definition) is 1. The van der Waals surface area contributed by atoms with Crippen LogP contribution in [0.4, 0.5) is 13.2 Å². The Morgan fingerprint density at radius 2 is 1.78 bits per heavy atom. The molecule has 1 nitrogen and oxygen atoms in total. The maximum absolute atomic E-state index is 13.3. The third kappa shape index (κ3) is 4.53. The zero-order chi connectivity index (χ0) is 13.8. The van der Waals surface area contributed by atoms with Crippen LogP contribution in [0.25, 0.3) is 6.08 Å². The fraction of sp³-hybridized carbons (Fsp3) is 0.429. The van der Waals surface area contributed by atoms with E-state index in [9.17, 15) is 13.2 Å². The first-order valence-corrected chi connectivity index (χ1v) is 5.86. The van der Waals surface area contributed by atoms with E-state index in [0.717, 1.165) is 12.6 Å². The third-order valence-electron chi connectivity index (χ3n) is 2.33. The highest BCUT2D eigenvalue weighted by Gasteiger charge is 2.11. The van der Waals surface area contributed by atoms with Gasteiger partial charge in [0.15, 0.2) is 17.5 Å². The second-order valence-corrected chi connectivity index (χ2v) is 5.13. The summed E-state index contributed by atoms with van der Waals surface area (Å²) in [4.78, 5) is 0. The molecular formula is C14H18F3N. The first kappa shape index (κ1) is 14.8. The van der Waals surface area contributed by atoms with Gasteiger partial charge in [0.1, 0.15) is 0 Å². The molecule has 0 heterocycles. The summed E-state index contributed by atoms with van der Waals surface area (Å²) < 4.78 is 38.9. The Labute approximate surface area is 106 Å². The van der Waals surface area contributed by atoms with E-state index in [0.29, 0.717) is 6.42 Å². The van der Waals surface area contributed by atoms with Crippen molar-refractivity contribution < 1.29 is 13.2 Å². The van der Waals surface area contributed by atoms with Crippen molar-refractivity contribution in [1.29, 1.82) is 0 Å². The maximum Gasteiger partial charge on any atom is 0.195 e. The van der Waals surface area contributed by atoms with Crippen LogP contribution in [-0.4, -0.2) is 12.1 Å². The lowest BCUT2D eigenvalue weighted by molar-refractivity contribution is 0.431. The van der Waals surface area contributed by atoms with Gasteiger partial charge in [0, 0.05) is 11.1 Å². The summed E-state index contributed by atoms with van der Waals surface area (Å²) in [6.45, 7) is 6.88. The average molecular weight is 257 g/mol. The summed E-state index contributed by atoms with van der Waals surface area (Å²) in [6, 6.07) is 2.15. The van der Waals surface area contributed by atoms with Crippen LogP contribution in [0.5, 0.6) is 0 Å². The molecule has 0 fully saturated rings. The van der Waals surface area contributed by atoms with Crippen LogP contribution in [0, 0.1) is 17.5 Å². The molecule has 1 N–H and O–H groups in total. The fourth-order valence-electron chi connectivity index (χ4n) is 1.41. The predicted octanol–water partition coefficient (Wildman–Crippen LogP) is 3.90. The molecule has 0 saturated heterocycles. The van der Waals surface area contributed by atoms with Crippen LogP contribution in [0.1, 0.15) is 32.8 Å². The van der Waals surface area contributed by atoms with Crippen LogP contribution in [-0.2, 0) is 0 Å². The van der Waals surface area contributed by atoms with Crippen molar-refractivity contribution in [2.45, 2.75) is 32.7 Å². The van der Waals surface area contributed by atoms with Crippen LogP contribution in [0.15, 0.2) is 18.2 Å². The molecule has 0 aliphatic heterocycles. The van der Waals surface area contributed by atoms with Crippen molar-refractivity contribution in [3.8, 4) is 0 Å². The smallest absolute Gasteiger partial charge is 0.195 e. The number of nitrogens with one attached hydrogen (secondary N) is 1. The molecule has 0 saturated carbocycles. The van der Waals surface area contributed by atoms with Crippen molar-refractivity contribution in [3.63, 3.8) is 0 Å². The maximum atomic E-state index is 13.3. The summed E-state index contributed by atoms with van der Waals surface area (Å²) in [5, 5.41) is 3.26. The van der Waals surface area contributed by atoms with E-state index in [1.54, 1.807) is 6.08 Å². The lowest BCUT2D eigenvalue weighted by Crippen LogP contribution is -2.36. The Balaban J connectivity index is 2.55. The van der Waals surface area contributed by atoms with E-state index in [4.69, 9.17) is 0 Å². The minimum atomic E-state index is -1.43. The van der Waals surface area contributed by atoms with Gasteiger partial charge in [-0.15, -0.1) is 0 Å². The minimum Gasteiger partial charge on any atom is -0.312 e. The molecule has 1 aromatic rings. The van der Waals surface area contributed by atoms with Gasteiger partial charge in [-0.3, -0.25) is 0 Å². The van der Waals surface area contributed by atoms with Crippen molar-refractivity contribution in [1.82, 2.24) is 5.32 Å². The van der Waals surface area contributed by atoms with E-state index in [1.165, 1.54) is 12.1 Å². The number of benzene rings is 1. The summed E-state index contributed by atoms with van der Waals surface area (Å²) in [7, 11) is 0. The molecule has 0 aliphatic carbocycles. The lowest BCUT2D eigenvalue weighted by Gasteiger charge is -2.19. The van der Waals surface area contributed by atoms with Crippen LogP contribution >= 0.6 is 0 Å². The Kier molecular flexibility index (Phi) is 4.96. The summed E-state index contributed by atoms with van der Waals surface area (Å²) >= 11 is 0. The molecule has 0 aliphatic rings. The van der Waals surface area contributed by atoms with E-state index in [-0.39, 0.29) is 11.1 Å². The summed E-state index contributed by atoms with van der Waals surface area (Å²) in [6.07, 6.45) is 3.88. The van der Waals surface area contributed by atoms with Gasteiger partial charge in [-0.25, -0.2) is 13.2 Å². The highest BCUT2D eigenvalue weighted by molar-refractivity contribution is 5.50. The van der Waals surface area contributed by atoms with Crippen LogP contribution in [0.2, 0.25) is 0 Å². The molecule has 4 heteroatoms. The second-order valence-electron chi connectivity index (χ2n) is 5.13. The Bertz CT molecular complexity index is 433. The molecule has 18 heavy (non-hydrogen) atoms. The number of halogens is 3. The van der Waals surface area contributed by atoms with Gasteiger partial charge in [0.25, 0.3) is 0 Å². The zero-order valence-corrected chi connectivity index (χ0v) is 10.9. The van der Waals surface area contributed by atoms with Gasteiger partial charge >= 0.3 is 0 Å². The monoisotopic (exact) mass is 257 g/mol. The SMILES string of the molecule is CC(C)(C)NCCC=Cc1ccc(F)c(F)c1F. The van der Waals surface area contributed by atoms with Crippen molar-refractivity contribution in [2.75, 3.05) is 6.54 Å². The van der Waals surface area contributed by atoms with Crippen molar-refractivity contribution in [2.24, 2.45) is 0 Å². The molecule has 0 bridgehead atoms. The number of hydrogen-bond acceptors (Lipinski definition) is 1. The highest BCUT2D eigenvalue weighted by Crippen LogP contribution is 2.16. The summed E-state index contributed by atoms with van der Waals surface area (Å²) in [5.41, 5.74) is 0.0887. The average Bonchev–Trinajstić information content (AvgIpc) is 2.27. The molecule has 0 radical (unpaired) electrons. The molecule has 0 unspecified atom stereocenters. The van der Waals surface area contributed by atoms with E-state index in [2.05, 4.69) is 5.32 Å². The molecule has 0 spiro atoms. The molecule has 1 aromatic carbocycles. The zero-order valence-electron chi connectivity index (χ0n) is 10.9. The number of rotatable bonds is 4. The molecule has 1 rings (SSSR count). The van der Waals surface area contributed by atoms with E-state index >= 15 is 0 Å². The van der Waals surface area contributed by atoms with Gasteiger partial charge in [-0.05, 0) is 45.9 Å². The van der Waals surface area contributed by atoms with E-state index < -0.39 is 17.5 Å². The molecule has 100 valence electrons. The van der Waals surface area contributed by atoms with Gasteiger partial charge < -0.3 is 5.32 Å². The van der Waals surface area contributed by atoms with E-state index in [1.807, 2.05) is 20.8 Å². The normalized spacial score (nSPS) is 12.3. The lowest BCUT2D eigenvalue weighted by atomic mass is 10.1. The predicted molar refractivity (Wildman–Crippen MR) is 67.7 cm³/mol. The molecule has 0 atom stereocenters. The van der Waals surface area contributed by atoms with Crippen molar-refractivity contribution >= 4 is 6.08 Å². The Morgan fingerprint density at radius 3 is 2.39 bits per heavy atom. The Hall–Kier alpha value is -1.29. The largest absolute Gasteiger partial charge is 0.312 e. The third-order valence-corrected chi connectivity index (χ3v) is 2.33. The van der Waals surface area contributed by atoms with Gasteiger partial charge in [-0.1, -0.05) is 12.2 Å². The first-order valence-electron chi connectivity index (χ1n) is 5.86. The second kappa shape index (κ2) is 6.05. The summed E-state index contributed by atoms with van der Waals surface area (Å²) in [5.74, 6) is -3.74. The molecule has 0 amide bonds. The quantitative estimate of drug-likeness (QED) is 0.637. The Morgan fingerprint density at radius 1 is 1.11 bits per heavy atom. The molecular weight excluding hydrogens is 239 g/mol. The fourth-order valence-corrected chi connectivity index (χ4v) is 1.41. The minimum absolute atomic E-state index is 0.0288. The van der Waals surface area contributed by atoms with Gasteiger partial charge in [-0.2, -0.15) is 0 Å². The first-order chi connectivity index (χ1) is 8.31. The van der Waals surface area contributed by atoms with Gasteiger partial charge in [0.2, 0.25) is 0 Å². The molecule has 0 aromatic heterocycles. The van der Waals surface area contributed by atoms with Gasteiger partial charge in [0.05, 0.1) is 0 Å². The highest BCUT2D eigenvalue weighted by atomic mass is 19.2. The standard InChI is InChI=1S/C14H18F3N/c1-14(2,3)18-9-5-4-6-10-7-8-11(15)13(17)12(10)16/h4,6-8,18H,5,9H2,1-3H3. The van der Waals surface area contributed by atoms with Crippen molar-refractivity contribution in [3.05, 3.63) is 41.2 Å². The van der Waals surface area contributed by atoms with Crippen LogP contribution in [0.3, 0.4) is 0 Å². The van der Waals surface area contributed by atoms with Crippen LogP contribution < -0.4 is 5.32 Å².